The quantitative estimate of drug-likeness (QED) is 0.850. The fraction of sp³-hybridized carbons (Fsp3) is 0.500. The molecule has 1 amide bonds. The van der Waals surface area contributed by atoms with Crippen LogP contribution in [-0.2, 0) is 0 Å². The number of aromatic nitrogens is 1. The monoisotopic (exact) mass is 259 g/mol. The third-order valence-electron chi connectivity index (χ3n) is 3.74. The summed E-state index contributed by atoms with van der Waals surface area (Å²) in [6.45, 7) is 2.15. The summed E-state index contributed by atoms with van der Waals surface area (Å²) in [4.78, 5) is 15.9. The maximum absolute atomic E-state index is 12.1. The number of aromatic hydroxyl groups is 1. The molecule has 1 aromatic rings. The number of rotatable bonds is 2. The van der Waals surface area contributed by atoms with Gasteiger partial charge in [-0.1, -0.05) is 6.92 Å². The van der Waals surface area contributed by atoms with Crippen LogP contribution in [0.2, 0.25) is 0 Å². The lowest BCUT2D eigenvalue weighted by atomic mass is 9.78. The molecule has 19 heavy (non-hydrogen) atoms. The van der Waals surface area contributed by atoms with E-state index in [2.05, 4.69) is 23.3 Å². The molecule has 0 atom stereocenters. The van der Waals surface area contributed by atoms with Gasteiger partial charge < -0.3 is 10.4 Å². The Bertz CT molecular complexity index is 514. The standard InChI is InChI=1S/C14H17N3O2/c1-10-2-5-14(9-15,6-3-10)17-13(19)11-4-7-16-8-12(11)18/h4,7-8,10,18H,2-3,5-6H2,1H3,(H,17,19). The molecule has 5 heteroatoms. The third kappa shape index (κ3) is 2.84. The molecule has 1 heterocycles. The molecule has 0 unspecified atom stereocenters. The van der Waals surface area contributed by atoms with Crippen molar-refractivity contribution in [1.29, 1.82) is 5.26 Å². The number of hydrogen-bond acceptors (Lipinski definition) is 4. The van der Waals surface area contributed by atoms with E-state index in [0.717, 1.165) is 12.8 Å². The molecule has 0 saturated heterocycles. The topological polar surface area (TPSA) is 86.0 Å². The summed E-state index contributed by atoms with van der Waals surface area (Å²) < 4.78 is 0. The predicted molar refractivity (Wildman–Crippen MR) is 69.3 cm³/mol. The van der Waals surface area contributed by atoms with Crippen molar-refractivity contribution in [2.75, 3.05) is 0 Å². The lowest BCUT2D eigenvalue weighted by Gasteiger charge is -2.34. The fourth-order valence-electron chi connectivity index (χ4n) is 2.38. The smallest absolute Gasteiger partial charge is 0.256 e. The molecule has 2 N–H and O–H groups in total. The minimum atomic E-state index is -0.806. The molecule has 1 aliphatic rings. The lowest BCUT2D eigenvalue weighted by molar-refractivity contribution is 0.0891. The van der Waals surface area contributed by atoms with Gasteiger partial charge in [-0.05, 0) is 37.7 Å². The Labute approximate surface area is 112 Å². The number of nitriles is 1. The van der Waals surface area contributed by atoms with Gasteiger partial charge in [0.25, 0.3) is 5.91 Å². The summed E-state index contributed by atoms with van der Waals surface area (Å²) in [5.41, 5.74) is -0.650. The van der Waals surface area contributed by atoms with E-state index < -0.39 is 11.4 Å². The van der Waals surface area contributed by atoms with Crippen molar-refractivity contribution in [2.45, 2.75) is 38.1 Å². The molecule has 1 fully saturated rings. The van der Waals surface area contributed by atoms with E-state index in [1.165, 1.54) is 18.5 Å². The van der Waals surface area contributed by atoms with Gasteiger partial charge >= 0.3 is 0 Å². The van der Waals surface area contributed by atoms with Crippen molar-refractivity contribution in [3.05, 3.63) is 24.0 Å². The first-order valence-electron chi connectivity index (χ1n) is 6.43. The Morgan fingerprint density at radius 1 is 1.58 bits per heavy atom. The molecular weight excluding hydrogens is 242 g/mol. The molecule has 0 bridgehead atoms. The van der Waals surface area contributed by atoms with Crippen LogP contribution in [0.3, 0.4) is 0 Å². The highest BCUT2D eigenvalue weighted by Crippen LogP contribution is 2.32. The van der Waals surface area contributed by atoms with Crippen LogP contribution in [-0.4, -0.2) is 21.5 Å². The Balaban J connectivity index is 2.14. The van der Waals surface area contributed by atoms with Gasteiger partial charge in [-0.15, -0.1) is 0 Å². The maximum Gasteiger partial charge on any atom is 0.256 e. The van der Waals surface area contributed by atoms with Gasteiger partial charge in [-0.3, -0.25) is 9.78 Å². The first-order chi connectivity index (χ1) is 9.06. The van der Waals surface area contributed by atoms with Crippen LogP contribution in [0.5, 0.6) is 5.75 Å². The number of nitrogens with one attached hydrogen (secondary N) is 1. The normalized spacial score (nSPS) is 26.4. The highest BCUT2D eigenvalue weighted by molar-refractivity contribution is 5.97. The molecule has 5 nitrogen and oxygen atoms in total. The largest absolute Gasteiger partial charge is 0.505 e. The molecule has 1 saturated carbocycles. The van der Waals surface area contributed by atoms with Crippen LogP contribution in [0.15, 0.2) is 18.5 Å². The van der Waals surface area contributed by atoms with Crippen molar-refractivity contribution < 1.29 is 9.90 Å². The van der Waals surface area contributed by atoms with E-state index >= 15 is 0 Å². The molecule has 0 radical (unpaired) electrons. The number of nitrogens with zero attached hydrogens (tertiary/aromatic N) is 2. The van der Waals surface area contributed by atoms with Gasteiger partial charge in [0.05, 0.1) is 17.8 Å². The third-order valence-corrected chi connectivity index (χ3v) is 3.74. The Morgan fingerprint density at radius 2 is 2.26 bits per heavy atom. The Morgan fingerprint density at radius 3 is 2.84 bits per heavy atom. The van der Waals surface area contributed by atoms with Crippen LogP contribution < -0.4 is 5.32 Å². The van der Waals surface area contributed by atoms with E-state index in [4.69, 9.17) is 0 Å². The first-order valence-corrected chi connectivity index (χ1v) is 6.43. The average Bonchev–Trinajstić information content (AvgIpc) is 2.42. The van der Waals surface area contributed by atoms with Gasteiger partial charge in [-0.25, -0.2) is 0 Å². The second-order valence-electron chi connectivity index (χ2n) is 5.22. The van der Waals surface area contributed by atoms with E-state index in [-0.39, 0.29) is 11.3 Å². The van der Waals surface area contributed by atoms with E-state index in [0.29, 0.717) is 18.8 Å². The molecular formula is C14H17N3O2. The van der Waals surface area contributed by atoms with Crippen LogP contribution in [0.4, 0.5) is 0 Å². The Kier molecular flexibility index (Phi) is 3.70. The lowest BCUT2D eigenvalue weighted by Crippen LogP contribution is -2.49. The van der Waals surface area contributed by atoms with Crippen molar-refractivity contribution in [2.24, 2.45) is 5.92 Å². The van der Waals surface area contributed by atoms with Gasteiger partial charge in [0.2, 0.25) is 0 Å². The fourth-order valence-corrected chi connectivity index (χ4v) is 2.38. The van der Waals surface area contributed by atoms with Gasteiger partial charge in [-0.2, -0.15) is 5.26 Å². The summed E-state index contributed by atoms with van der Waals surface area (Å²) in [7, 11) is 0. The van der Waals surface area contributed by atoms with Crippen molar-refractivity contribution in [1.82, 2.24) is 10.3 Å². The predicted octanol–water partition coefficient (Wildman–Crippen LogP) is 1.99. The number of carbonyl (C=O) groups is 1. The second kappa shape index (κ2) is 5.27. The second-order valence-corrected chi connectivity index (χ2v) is 5.22. The molecule has 1 aromatic heterocycles. The summed E-state index contributed by atoms with van der Waals surface area (Å²) in [5.74, 6) is 0.000903. The number of pyridine rings is 1. The summed E-state index contributed by atoms with van der Waals surface area (Å²) in [6.07, 6.45) is 5.82. The SMILES string of the molecule is CC1CCC(C#N)(NC(=O)c2ccncc2O)CC1. The van der Waals surface area contributed by atoms with Crippen molar-refractivity contribution in [3.8, 4) is 11.8 Å². The minimum absolute atomic E-state index is 0.156. The Hall–Kier alpha value is -2.09. The molecule has 0 spiro atoms. The van der Waals surface area contributed by atoms with Crippen molar-refractivity contribution >= 4 is 5.91 Å². The average molecular weight is 259 g/mol. The van der Waals surface area contributed by atoms with Crippen LogP contribution >= 0.6 is 0 Å². The molecule has 2 rings (SSSR count). The maximum atomic E-state index is 12.1. The highest BCUT2D eigenvalue weighted by Gasteiger charge is 2.36. The van der Waals surface area contributed by atoms with Crippen LogP contribution in [0, 0.1) is 17.2 Å². The molecule has 0 aliphatic heterocycles. The van der Waals surface area contributed by atoms with Crippen LogP contribution in [0.1, 0.15) is 43.0 Å². The summed E-state index contributed by atoms with van der Waals surface area (Å²) in [6, 6.07) is 3.67. The number of carbonyl (C=O) groups excluding carboxylic acids is 1. The number of hydrogen-bond donors (Lipinski definition) is 2. The van der Waals surface area contributed by atoms with Crippen molar-refractivity contribution in [3.63, 3.8) is 0 Å². The van der Waals surface area contributed by atoms with Gasteiger partial charge in [0.1, 0.15) is 11.3 Å². The molecule has 1 aliphatic carbocycles. The van der Waals surface area contributed by atoms with E-state index in [9.17, 15) is 15.2 Å². The zero-order valence-electron chi connectivity index (χ0n) is 10.9. The van der Waals surface area contributed by atoms with E-state index in [1.807, 2.05) is 0 Å². The number of amides is 1. The first kappa shape index (κ1) is 13.3. The van der Waals surface area contributed by atoms with Gasteiger partial charge in [0.15, 0.2) is 0 Å². The minimum Gasteiger partial charge on any atom is -0.505 e. The zero-order valence-corrected chi connectivity index (χ0v) is 10.9. The molecule has 0 aromatic carbocycles. The highest BCUT2D eigenvalue weighted by atomic mass is 16.3. The molecule has 100 valence electrons. The summed E-state index contributed by atoms with van der Waals surface area (Å²) >= 11 is 0. The van der Waals surface area contributed by atoms with E-state index in [1.54, 1.807) is 0 Å². The van der Waals surface area contributed by atoms with Crippen LogP contribution in [0.25, 0.3) is 0 Å². The summed E-state index contributed by atoms with van der Waals surface area (Å²) in [5, 5.41) is 21.7. The van der Waals surface area contributed by atoms with Gasteiger partial charge in [0, 0.05) is 6.20 Å². The zero-order chi connectivity index (χ0) is 13.9.